The highest BCUT2D eigenvalue weighted by Gasteiger charge is 2.16. The lowest BCUT2D eigenvalue weighted by molar-refractivity contribution is 0.100. The third kappa shape index (κ3) is 3.81. The molecule has 0 spiro atoms. The number of aryl methyl sites for hydroxylation is 1. The van der Waals surface area contributed by atoms with Crippen LogP contribution in [0.3, 0.4) is 0 Å². The van der Waals surface area contributed by atoms with E-state index in [9.17, 15) is 13.2 Å². The summed E-state index contributed by atoms with van der Waals surface area (Å²) in [6.45, 7) is 1.92. The minimum atomic E-state index is -3.73. The monoisotopic (exact) mass is 334 g/mol. The molecule has 6 nitrogen and oxygen atoms in total. The number of sulfonamides is 1. The SMILES string of the molecule is CCc1cc(S(=O)(=O)Nc2ccc(C(N)=O)cc2)ccc1OC. The maximum Gasteiger partial charge on any atom is 0.261 e. The zero-order chi connectivity index (χ0) is 17.0. The molecular weight excluding hydrogens is 316 g/mol. The van der Waals surface area contributed by atoms with Crippen molar-refractivity contribution in [1.82, 2.24) is 0 Å². The lowest BCUT2D eigenvalue weighted by Crippen LogP contribution is -2.14. The Morgan fingerprint density at radius 3 is 2.35 bits per heavy atom. The predicted octanol–water partition coefficient (Wildman–Crippen LogP) is 2.16. The maximum absolute atomic E-state index is 12.4. The number of primary amides is 1. The highest BCUT2D eigenvalue weighted by atomic mass is 32.2. The largest absolute Gasteiger partial charge is 0.496 e. The molecule has 122 valence electrons. The molecule has 0 aliphatic rings. The molecule has 0 heterocycles. The molecule has 2 aromatic carbocycles. The molecule has 23 heavy (non-hydrogen) atoms. The molecule has 0 unspecified atom stereocenters. The first-order valence-corrected chi connectivity index (χ1v) is 8.45. The Kier molecular flexibility index (Phi) is 4.90. The van der Waals surface area contributed by atoms with Crippen LogP contribution in [0.2, 0.25) is 0 Å². The number of methoxy groups -OCH3 is 1. The van der Waals surface area contributed by atoms with Gasteiger partial charge in [-0.25, -0.2) is 8.42 Å². The van der Waals surface area contributed by atoms with E-state index >= 15 is 0 Å². The highest BCUT2D eigenvalue weighted by molar-refractivity contribution is 7.92. The predicted molar refractivity (Wildman–Crippen MR) is 88.1 cm³/mol. The van der Waals surface area contributed by atoms with E-state index in [-0.39, 0.29) is 4.90 Å². The smallest absolute Gasteiger partial charge is 0.261 e. The summed E-state index contributed by atoms with van der Waals surface area (Å²) in [6.07, 6.45) is 0.653. The first-order chi connectivity index (χ1) is 10.9. The van der Waals surface area contributed by atoms with Gasteiger partial charge in [0.1, 0.15) is 5.75 Å². The lowest BCUT2D eigenvalue weighted by atomic mass is 10.1. The van der Waals surface area contributed by atoms with Crippen molar-refractivity contribution in [3.63, 3.8) is 0 Å². The fourth-order valence-electron chi connectivity index (χ4n) is 2.12. The minimum absolute atomic E-state index is 0.147. The molecule has 1 amide bonds. The number of nitrogens with one attached hydrogen (secondary N) is 1. The van der Waals surface area contributed by atoms with Crippen LogP contribution in [-0.4, -0.2) is 21.4 Å². The molecule has 0 aliphatic carbocycles. The number of ether oxygens (including phenoxy) is 1. The Labute approximate surface area is 135 Å². The van der Waals surface area contributed by atoms with Gasteiger partial charge in [-0.1, -0.05) is 6.92 Å². The molecule has 0 radical (unpaired) electrons. The average molecular weight is 334 g/mol. The first-order valence-electron chi connectivity index (χ1n) is 6.97. The Bertz CT molecular complexity index is 814. The number of hydrogen-bond donors (Lipinski definition) is 2. The van der Waals surface area contributed by atoms with E-state index < -0.39 is 15.9 Å². The number of nitrogens with two attached hydrogens (primary N) is 1. The van der Waals surface area contributed by atoms with Crippen molar-refractivity contribution in [3.8, 4) is 5.75 Å². The zero-order valence-corrected chi connectivity index (χ0v) is 13.7. The van der Waals surface area contributed by atoms with Gasteiger partial charge in [0.2, 0.25) is 5.91 Å². The number of amides is 1. The van der Waals surface area contributed by atoms with Crippen molar-refractivity contribution in [3.05, 3.63) is 53.6 Å². The molecule has 2 aromatic rings. The van der Waals surface area contributed by atoms with E-state index in [2.05, 4.69) is 4.72 Å². The van der Waals surface area contributed by atoms with Crippen LogP contribution in [0.4, 0.5) is 5.69 Å². The fourth-order valence-corrected chi connectivity index (χ4v) is 3.22. The number of carbonyl (C=O) groups is 1. The number of benzene rings is 2. The van der Waals surface area contributed by atoms with Crippen LogP contribution in [0, 0.1) is 0 Å². The summed E-state index contributed by atoms with van der Waals surface area (Å²) in [6, 6.07) is 10.6. The van der Waals surface area contributed by atoms with Gasteiger partial charge in [-0.3, -0.25) is 9.52 Å². The van der Waals surface area contributed by atoms with E-state index in [1.54, 1.807) is 19.2 Å². The topological polar surface area (TPSA) is 98.5 Å². The molecular formula is C16H18N2O4S. The molecule has 0 saturated carbocycles. The summed E-state index contributed by atoms with van der Waals surface area (Å²) in [5.74, 6) is 0.0828. The van der Waals surface area contributed by atoms with Gasteiger partial charge in [0.25, 0.3) is 10.0 Å². The van der Waals surface area contributed by atoms with Crippen LogP contribution < -0.4 is 15.2 Å². The van der Waals surface area contributed by atoms with Gasteiger partial charge in [-0.05, 0) is 54.4 Å². The van der Waals surface area contributed by atoms with E-state index in [0.717, 1.165) is 5.56 Å². The van der Waals surface area contributed by atoms with Gasteiger partial charge in [0, 0.05) is 11.3 Å². The van der Waals surface area contributed by atoms with Gasteiger partial charge in [-0.2, -0.15) is 0 Å². The van der Waals surface area contributed by atoms with E-state index in [4.69, 9.17) is 10.5 Å². The Morgan fingerprint density at radius 1 is 1.17 bits per heavy atom. The van der Waals surface area contributed by atoms with Crippen molar-refractivity contribution in [2.45, 2.75) is 18.2 Å². The molecule has 0 fully saturated rings. The van der Waals surface area contributed by atoms with Gasteiger partial charge >= 0.3 is 0 Å². The normalized spacial score (nSPS) is 11.0. The van der Waals surface area contributed by atoms with Gasteiger partial charge < -0.3 is 10.5 Å². The highest BCUT2D eigenvalue weighted by Crippen LogP contribution is 2.24. The molecule has 0 saturated heterocycles. The van der Waals surface area contributed by atoms with Crippen molar-refractivity contribution >= 4 is 21.6 Å². The average Bonchev–Trinajstić information content (AvgIpc) is 2.54. The van der Waals surface area contributed by atoms with E-state index in [1.165, 1.54) is 30.3 Å². The van der Waals surface area contributed by atoms with Crippen molar-refractivity contribution in [1.29, 1.82) is 0 Å². The Morgan fingerprint density at radius 2 is 1.83 bits per heavy atom. The second kappa shape index (κ2) is 6.70. The number of anilines is 1. The first kappa shape index (κ1) is 16.8. The second-order valence-electron chi connectivity index (χ2n) is 4.87. The number of hydrogen-bond acceptors (Lipinski definition) is 4. The molecule has 0 aromatic heterocycles. The van der Waals surface area contributed by atoms with Crippen molar-refractivity contribution in [2.75, 3.05) is 11.8 Å². The summed E-state index contributed by atoms with van der Waals surface area (Å²) in [4.78, 5) is 11.2. The maximum atomic E-state index is 12.4. The van der Waals surface area contributed by atoms with Gasteiger partial charge in [0.15, 0.2) is 0 Å². The summed E-state index contributed by atoms with van der Waals surface area (Å²) in [5.41, 5.74) is 6.62. The van der Waals surface area contributed by atoms with Crippen LogP contribution in [0.15, 0.2) is 47.4 Å². The Hall–Kier alpha value is -2.54. The summed E-state index contributed by atoms with van der Waals surface area (Å²) in [7, 11) is -2.18. The van der Waals surface area contributed by atoms with E-state index in [0.29, 0.717) is 23.4 Å². The van der Waals surface area contributed by atoms with Crippen LogP contribution in [0.5, 0.6) is 5.75 Å². The van der Waals surface area contributed by atoms with Crippen LogP contribution in [-0.2, 0) is 16.4 Å². The molecule has 0 atom stereocenters. The quantitative estimate of drug-likeness (QED) is 0.845. The van der Waals surface area contributed by atoms with Crippen molar-refractivity contribution in [2.24, 2.45) is 5.73 Å². The third-order valence-corrected chi connectivity index (χ3v) is 4.74. The summed E-state index contributed by atoms with van der Waals surface area (Å²) in [5, 5.41) is 0. The molecule has 0 aliphatic heterocycles. The number of carbonyl (C=O) groups excluding carboxylic acids is 1. The Balaban J connectivity index is 2.29. The van der Waals surface area contributed by atoms with Crippen LogP contribution in [0.1, 0.15) is 22.8 Å². The lowest BCUT2D eigenvalue weighted by Gasteiger charge is -2.11. The van der Waals surface area contributed by atoms with Gasteiger partial charge in [0.05, 0.1) is 12.0 Å². The molecule has 0 bridgehead atoms. The van der Waals surface area contributed by atoms with Crippen LogP contribution >= 0.6 is 0 Å². The number of rotatable bonds is 6. The zero-order valence-electron chi connectivity index (χ0n) is 12.9. The third-order valence-electron chi connectivity index (χ3n) is 3.36. The molecule has 3 N–H and O–H groups in total. The van der Waals surface area contributed by atoms with Gasteiger partial charge in [-0.15, -0.1) is 0 Å². The summed E-state index contributed by atoms with van der Waals surface area (Å²) >= 11 is 0. The standard InChI is InChI=1S/C16H18N2O4S/c1-3-11-10-14(8-9-15(11)22-2)23(20,21)18-13-6-4-12(5-7-13)16(17)19/h4-10,18H,3H2,1-2H3,(H2,17,19). The molecule has 7 heteroatoms. The second-order valence-corrected chi connectivity index (χ2v) is 6.56. The minimum Gasteiger partial charge on any atom is -0.496 e. The van der Waals surface area contributed by atoms with Crippen molar-refractivity contribution < 1.29 is 17.9 Å². The van der Waals surface area contributed by atoms with Crippen LogP contribution in [0.25, 0.3) is 0 Å². The van der Waals surface area contributed by atoms with E-state index in [1.807, 2.05) is 6.92 Å². The summed E-state index contributed by atoms with van der Waals surface area (Å²) < 4.78 is 32.6. The molecule has 2 rings (SSSR count). The fraction of sp³-hybridized carbons (Fsp3) is 0.188.